The molecule has 2 unspecified atom stereocenters. The van der Waals surface area contributed by atoms with Crippen molar-refractivity contribution < 1.29 is 14.4 Å². The highest BCUT2D eigenvalue weighted by molar-refractivity contribution is 9.10. The van der Waals surface area contributed by atoms with Crippen molar-refractivity contribution in [1.82, 2.24) is 39.9 Å². The van der Waals surface area contributed by atoms with Gasteiger partial charge >= 0.3 is 12.1 Å². The lowest BCUT2D eigenvalue weighted by Gasteiger charge is -2.44. The summed E-state index contributed by atoms with van der Waals surface area (Å²) < 4.78 is 2.81. The first-order valence-corrected chi connectivity index (χ1v) is 16.5. The molecule has 2 aromatic heterocycles. The van der Waals surface area contributed by atoms with Gasteiger partial charge in [0.15, 0.2) is 0 Å². The van der Waals surface area contributed by atoms with E-state index in [1.54, 1.807) is 22.3 Å². The number of pyridine rings is 1. The third-order valence-electron chi connectivity index (χ3n) is 8.99. The number of nitrogens with one attached hydrogen (secondary N) is 2. The highest BCUT2D eigenvalue weighted by Gasteiger charge is 2.41. The maximum atomic E-state index is 13.8. The second-order valence-electron chi connectivity index (χ2n) is 11.8. The van der Waals surface area contributed by atoms with E-state index in [0.29, 0.717) is 63.7 Å². The molecular weight excluding hydrogens is 662 g/mol. The zero-order valence-electron chi connectivity index (χ0n) is 24.9. The Hall–Kier alpha value is -3.68. The van der Waals surface area contributed by atoms with Crippen LogP contribution in [0.1, 0.15) is 41.3 Å². The minimum absolute atomic E-state index is 0.107. The fourth-order valence-electron chi connectivity index (χ4n) is 6.63. The number of fused-ring (bicyclic) bond motifs is 2. The number of imidazole rings is 1. The van der Waals surface area contributed by atoms with E-state index in [4.69, 9.17) is 22.3 Å². The third kappa shape index (κ3) is 7.10. The van der Waals surface area contributed by atoms with E-state index in [-0.39, 0.29) is 24.0 Å². The topological polar surface area (TPSA) is 142 Å². The van der Waals surface area contributed by atoms with Crippen LogP contribution < -0.4 is 16.4 Å². The number of urea groups is 2. The number of benzene rings is 1. The summed E-state index contributed by atoms with van der Waals surface area (Å²) in [6, 6.07) is 6.35. The van der Waals surface area contributed by atoms with Crippen LogP contribution in [0.2, 0.25) is 5.02 Å². The predicted molar refractivity (Wildman–Crippen MR) is 173 cm³/mol. The molecule has 0 bridgehead atoms. The third-order valence-corrected chi connectivity index (χ3v) is 9.66. The molecule has 1 aliphatic carbocycles. The highest BCUT2D eigenvalue weighted by atomic mass is 79.9. The summed E-state index contributed by atoms with van der Waals surface area (Å²) in [6.45, 7) is 3.17. The van der Waals surface area contributed by atoms with Crippen LogP contribution in [0, 0.1) is 0 Å². The molecule has 0 saturated carbocycles. The van der Waals surface area contributed by atoms with Crippen molar-refractivity contribution in [3.05, 3.63) is 81.1 Å². The average molecular weight is 699 g/mol. The van der Waals surface area contributed by atoms with E-state index in [1.165, 1.54) is 0 Å². The Morgan fingerprint density at radius 1 is 1.07 bits per heavy atom. The first kappa shape index (κ1) is 31.3. The summed E-state index contributed by atoms with van der Waals surface area (Å²) in [6.07, 6.45) is 9.93. The molecule has 3 aromatic rings. The Morgan fingerprint density at radius 3 is 2.62 bits per heavy atom. The molecule has 4 N–H and O–H groups in total. The molecule has 4 heterocycles. The number of nitrogens with zero attached hydrogens (tertiary/aromatic N) is 6. The number of primary amides is 1. The van der Waals surface area contributed by atoms with Crippen LogP contribution >= 0.6 is 27.5 Å². The molecule has 12 nitrogen and oxygen atoms in total. The van der Waals surface area contributed by atoms with Gasteiger partial charge in [0.25, 0.3) is 0 Å². The van der Waals surface area contributed by atoms with Gasteiger partial charge in [-0.15, -0.1) is 0 Å². The van der Waals surface area contributed by atoms with Crippen molar-refractivity contribution in [3.63, 3.8) is 0 Å². The molecule has 1 aromatic carbocycles. The van der Waals surface area contributed by atoms with Gasteiger partial charge < -0.3 is 30.7 Å². The quantitative estimate of drug-likeness (QED) is 0.362. The maximum absolute atomic E-state index is 13.8. The van der Waals surface area contributed by atoms with Gasteiger partial charge in [-0.25, -0.2) is 14.6 Å². The van der Waals surface area contributed by atoms with Gasteiger partial charge in [0.05, 0.1) is 18.1 Å². The Bertz CT molecular complexity index is 1490. The second-order valence-corrected chi connectivity index (χ2v) is 13.1. The lowest BCUT2D eigenvalue weighted by molar-refractivity contribution is -0.127. The predicted octanol–water partition coefficient (Wildman–Crippen LogP) is 2.94. The maximum Gasteiger partial charge on any atom is 0.318 e. The van der Waals surface area contributed by atoms with E-state index in [9.17, 15) is 14.4 Å². The number of piperazine rings is 1. The van der Waals surface area contributed by atoms with Gasteiger partial charge in [-0.1, -0.05) is 17.7 Å². The number of piperidine rings is 1. The molecule has 45 heavy (non-hydrogen) atoms. The molecule has 5 amide bonds. The van der Waals surface area contributed by atoms with E-state index in [0.717, 1.165) is 39.7 Å². The van der Waals surface area contributed by atoms with E-state index < -0.39 is 12.1 Å². The number of likely N-dealkylation sites (tertiary alicyclic amines) is 1. The zero-order valence-corrected chi connectivity index (χ0v) is 27.2. The Balaban J connectivity index is 1.25. The number of rotatable bonds is 6. The van der Waals surface area contributed by atoms with E-state index >= 15 is 0 Å². The van der Waals surface area contributed by atoms with Gasteiger partial charge in [0.1, 0.15) is 6.04 Å². The number of aryl methyl sites for hydroxylation is 2. The lowest BCUT2D eigenvalue weighted by Crippen LogP contribution is -2.64. The largest absolute Gasteiger partial charge is 0.352 e. The zero-order chi connectivity index (χ0) is 31.5. The van der Waals surface area contributed by atoms with Crippen molar-refractivity contribution in [3.8, 4) is 0 Å². The van der Waals surface area contributed by atoms with Crippen LogP contribution in [0.25, 0.3) is 0 Å². The van der Waals surface area contributed by atoms with Crippen LogP contribution in [0.3, 0.4) is 0 Å². The van der Waals surface area contributed by atoms with Crippen molar-refractivity contribution in [1.29, 1.82) is 0 Å². The molecule has 2 aliphatic heterocycles. The second kappa shape index (κ2) is 13.8. The molecule has 2 atom stereocenters. The van der Waals surface area contributed by atoms with Gasteiger partial charge in [-0.3, -0.25) is 14.7 Å². The molecule has 0 spiro atoms. The number of halogens is 2. The van der Waals surface area contributed by atoms with Gasteiger partial charge in [0, 0.05) is 79.9 Å². The van der Waals surface area contributed by atoms with Gasteiger partial charge in [-0.2, -0.15) is 0 Å². The molecular formula is C31H37BrClN9O3. The number of carbonyl (C=O) groups excluding carboxylic acids is 3. The van der Waals surface area contributed by atoms with Crippen LogP contribution in [-0.4, -0.2) is 98.6 Å². The van der Waals surface area contributed by atoms with Crippen molar-refractivity contribution in [2.24, 2.45) is 5.73 Å². The minimum Gasteiger partial charge on any atom is -0.352 e. The van der Waals surface area contributed by atoms with Crippen molar-refractivity contribution >= 4 is 45.5 Å². The first-order chi connectivity index (χ1) is 21.8. The fourth-order valence-corrected chi connectivity index (χ4v) is 7.21. The number of hydrogen-bond donors (Lipinski definition) is 3. The summed E-state index contributed by atoms with van der Waals surface area (Å²) in [7, 11) is 0. The van der Waals surface area contributed by atoms with Crippen LogP contribution in [-0.2, 0) is 24.2 Å². The average Bonchev–Trinajstić information content (AvgIpc) is 3.50. The molecule has 2 saturated heterocycles. The standard InChI is InChI=1S/C31H37BrClN9O3/c32-22-15-21-2-1-20-16-23(33)3-4-25(20)28(27(21)37-17-22)41-13-14-42(31(45)38-24-5-9-40(10-6-24)30(34)44)26(18-41)29(43)36-8-12-39-11-7-35-19-39/h3-4,7,11,15-17,19,24,26,28H,1-2,5-6,8-10,12-14,18H2,(H2,34,44)(H,36,43)(H,38,45). The smallest absolute Gasteiger partial charge is 0.318 e. The summed E-state index contributed by atoms with van der Waals surface area (Å²) in [5, 5.41) is 6.86. The molecule has 6 rings (SSSR count). The Morgan fingerprint density at radius 2 is 1.87 bits per heavy atom. The molecule has 3 aliphatic rings. The highest BCUT2D eigenvalue weighted by Crippen LogP contribution is 2.38. The Labute approximate surface area is 275 Å². The summed E-state index contributed by atoms with van der Waals surface area (Å²) in [4.78, 5) is 53.6. The monoisotopic (exact) mass is 697 g/mol. The van der Waals surface area contributed by atoms with E-state index in [2.05, 4.69) is 48.6 Å². The molecule has 238 valence electrons. The summed E-state index contributed by atoms with van der Waals surface area (Å²) in [5.74, 6) is -0.215. The Kier molecular flexibility index (Phi) is 9.57. The summed E-state index contributed by atoms with van der Waals surface area (Å²) in [5.41, 5.74) is 9.81. The molecule has 0 radical (unpaired) electrons. The van der Waals surface area contributed by atoms with Crippen LogP contribution in [0.5, 0.6) is 0 Å². The number of amides is 5. The van der Waals surface area contributed by atoms with Crippen LogP contribution in [0.15, 0.2) is 53.7 Å². The lowest BCUT2D eigenvalue weighted by atomic mass is 9.95. The van der Waals surface area contributed by atoms with Crippen molar-refractivity contribution in [2.75, 3.05) is 39.3 Å². The van der Waals surface area contributed by atoms with Crippen LogP contribution in [0.4, 0.5) is 9.59 Å². The fraction of sp³-hybridized carbons (Fsp3) is 0.452. The van der Waals surface area contributed by atoms with Gasteiger partial charge in [0.2, 0.25) is 5.91 Å². The van der Waals surface area contributed by atoms with E-state index in [1.807, 2.05) is 29.1 Å². The van der Waals surface area contributed by atoms with Gasteiger partial charge in [-0.05, 0) is 76.5 Å². The number of carbonyl (C=O) groups is 3. The first-order valence-electron chi connectivity index (χ1n) is 15.3. The number of hydrogen-bond acceptors (Lipinski definition) is 6. The SMILES string of the molecule is NC(=O)N1CCC(NC(=O)N2CCN(C3c4ccc(Cl)cc4CCc4cc(Br)cnc43)CC2C(=O)NCCn2ccnc2)CC1. The van der Waals surface area contributed by atoms with Crippen molar-refractivity contribution in [2.45, 2.75) is 50.4 Å². The number of aromatic nitrogens is 3. The normalized spacial score (nSPS) is 20.6. The molecule has 14 heteroatoms. The minimum atomic E-state index is -0.731. The number of nitrogens with two attached hydrogens (primary N) is 1. The summed E-state index contributed by atoms with van der Waals surface area (Å²) >= 11 is 10.0. The molecule has 2 fully saturated rings.